The highest BCUT2D eigenvalue weighted by Crippen LogP contribution is 2.34. The van der Waals surface area contributed by atoms with Gasteiger partial charge in [-0.2, -0.15) is 0 Å². The minimum absolute atomic E-state index is 0.651. The minimum atomic E-state index is -1.22. The fraction of sp³-hybridized carbons (Fsp3) is 0.529. The second-order valence-electron chi connectivity index (χ2n) is 6.88. The molecule has 0 radical (unpaired) electrons. The van der Waals surface area contributed by atoms with E-state index in [4.69, 9.17) is 9.47 Å². The summed E-state index contributed by atoms with van der Waals surface area (Å²) in [6.07, 6.45) is -0.660. The molecule has 0 heterocycles. The maximum Gasteiger partial charge on any atom is 0.408 e. The average molecular weight is 323 g/mol. The highest BCUT2D eigenvalue weighted by molar-refractivity contribution is 5.77. The van der Waals surface area contributed by atoms with Crippen LogP contribution in [-0.2, 0) is 9.53 Å². The van der Waals surface area contributed by atoms with Crippen molar-refractivity contribution in [3.8, 4) is 5.75 Å². The normalized spacial score (nSPS) is 13.1. The summed E-state index contributed by atoms with van der Waals surface area (Å²) in [5.41, 5.74) is -1.23. The van der Waals surface area contributed by atoms with Crippen LogP contribution in [0, 0.1) is 5.41 Å². The average Bonchev–Trinajstić information content (AvgIpc) is 2.42. The van der Waals surface area contributed by atoms with Crippen LogP contribution in [0.2, 0.25) is 0 Å². The van der Waals surface area contributed by atoms with Crippen LogP contribution in [0.4, 0.5) is 4.79 Å². The predicted molar refractivity (Wildman–Crippen MR) is 86.5 cm³/mol. The summed E-state index contributed by atoms with van der Waals surface area (Å²) in [4.78, 5) is 23.7. The number of alkyl carbamates (subject to hydrolysis) is 1. The Morgan fingerprint density at radius 2 is 1.61 bits per heavy atom. The molecule has 0 unspecified atom stereocenters. The van der Waals surface area contributed by atoms with E-state index in [0.29, 0.717) is 11.3 Å². The Balaban J connectivity index is 3.11. The Morgan fingerprint density at radius 3 is 2.00 bits per heavy atom. The molecular weight excluding hydrogens is 298 g/mol. The number of carbonyl (C=O) groups is 2. The van der Waals surface area contributed by atoms with Crippen molar-refractivity contribution in [2.75, 3.05) is 7.11 Å². The number of hydrogen-bond donors (Lipinski definition) is 2. The first-order chi connectivity index (χ1) is 10.5. The minimum Gasteiger partial charge on any atom is -0.497 e. The molecule has 0 spiro atoms. The first-order valence-electron chi connectivity index (χ1n) is 7.34. The largest absolute Gasteiger partial charge is 0.497 e. The fourth-order valence-corrected chi connectivity index (χ4v) is 2.03. The second kappa shape index (κ2) is 6.89. The number of carboxylic acid groups (broad SMARTS) is 1. The first-order valence-corrected chi connectivity index (χ1v) is 7.34. The van der Waals surface area contributed by atoms with Gasteiger partial charge in [0.05, 0.1) is 18.6 Å². The Kier molecular flexibility index (Phi) is 5.64. The zero-order valence-corrected chi connectivity index (χ0v) is 14.5. The Morgan fingerprint density at radius 1 is 1.09 bits per heavy atom. The maximum atomic E-state index is 12.1. The second-order valence-corrected chi connectivity index (χ2v) is 6.88. The lowest BCUT2D eigenvalue weighted by Crippen LogP contribution is -2.44. The van der Waals surface area contributed by atoms with E-state index in [9.17, 15) is 14.7 Å². The molecule has 1 rings (SSSR count). The van der Waals surface area contributed by atoms with Gasteiger partial charge in [-0.3, -0.25) is 4.79 Å². The number of carbonyl (C=O) groups excluding carboxylic acids is 1. The topological polar surface area (TPSA) is 84.9 Å². The lowest BCUT2D eigenvalue weighted by atomic mass is 9.80. The van der Waals surface area contributed by atoms with Crippen LogP contribution in [0.25, 0.3) is 0 Å². The molecule has 1 aromatic rings. The SMILES string of the molecule is COc1ccc([C@H](NC(=O)OC(C)(C)C)C(C)(C)C(=O)O)cc1. The van der Waals surface area contributed by atoms with Gasteiger partial charge in [0.15, 0.2) is 0 Å². The third kappa shape index (κ3) is 5.16. The molecule has 1 aromatic carbocycles. The van der Waals surface area contributed by atoms with Gasteiger partial charge in [0, 0.05) is 0 Å². The van der Waals surface area contributed by atoms with Crippen molar-refractivity contribution in [1.29, 1.82) is 0 Å². The molecule has 0 aliphatic carbocycles. The van der Waals surface area contributed by atoms with Crippen molar-refractivity contribution in [1.82, 2.24) is 5.32 Å². The van der Waals surface area contributed by atoms with Gasteiger partial charge in [0.25, 0.3) is 0 Å². The third-order valence-corrected chi connectivity index (χ3v) is 3.38. The predicted octanol–water partition coefficient (Wildman–Crippen LogP) is 3.37. The Hall–Kier alpha value is -2.24. The molecule has 0 saturated carbocycles. The van der Waals surface area contributed by atoms with Crippen molar-refractivity contribution in [3.05, 3.63) is 29.8 Å². The molecule has 1 amide bonds. The molecule has 0 aliphatic heterocycles. The Labute approximate surface area is 136 Å². The van der Waals surface area contributed by atoms with E-state index in [1.807, 2.05) is 0 Å². The number of aliphatic carboxylic acids is 1. The van der Waals surface area contributed by atoms with E-state index >= 15 is 0 Å². The van der Waals surface area contributed by atoms with E-state index < -0.39 is 29.1 Å². The van der Waals surface area contributed by atoms with Crippen molar-refractivity contribution in [3.63, 3.8) is 0 Å². The van der Waals surface area contributed by atoms with E-state index in [1.54, 1.807) is 66.0 Å². The highest BCUT2D eigenvalue weighted by atomic mass is 16.6. The molecule has 0 bridgehead atoms. The number of hydrogen-bond acceptors (Lipinski definition) is 4. The quantitative estimate of drug-likeness (QED) is 0.868. The van der Waals surface area contributed by atoms with Crippen LogP contribution < -0.4 is 10.1 Å². The third-order valence-electron chi connectivity index (χ3n) is 3.38. The number of rotatable bonds is 5. The van der Waals surface area contributed by atoms with Crippen LogP contribution in [-0.4, -0.2) is 29.9 Å². The smallest absolute Gasteiger partial charge is 0.408 e. The number of nitrogens with one attached hydrogen (secondary N) is 1. The molecule has 0 saturated heterocycles. The Bertz CT molecular complexity index is 557. The summed E-state index contributed by atoms with van der Waals surface area (Å²) in [6, 6.07) is 6.14. The molecule has 0 aliphatic rings. The van der Waals surface area contributed by atoms with Crippen molar-refractivity contribution >= 4 is 12.1 Å². The van der Waals surface area contributed by atoms with Crippen LogP contribution in [0.3, 0.4) is 0 Å². The molecule has 2 N–H and O–H groups in total. The van der Waals surface area contributed by atoms with Gasteiger partial charge in [-0.15, -0.1) is 0 Å². The van der Waals surface area contributed by atoms with Crippen LogP contribution >= 0.6 is 0 Å². The van der Waals surface area contributed by atoms with E-state index in [-0.39, 0.29) is 0 Å². The van der Waals surface area contributed by atoms with Gasteiger partial charge in [-0.05, 0) is 52.3 Å². The summed E-state index contributed by atoms with van der Waals surface area (Å²) in [7, 11) is 1.55. The summed E-state index contributed by atoms with van der Waals surface area (Å²) < 4.78 is 10.3. The molecule has 0 fully saturated rings. The van der Waals surface area contributed by atoms with Gasteiger partial charge < -0.3 is 19.9 Å². The molecular formula is C17H25NO5. The number of ether oxygens (including phenoxy) is 2. The van der Waals surface area contributed by atoms with Gasteiger partial charge >= 0.3 is 12.1 Å². The van der Waals surface area contributed by atoms with Crippen molar-refractivity contribution in [2.24, 2.45) is 5.41 Å². The van der Waals surface area contributed by atoms with Gasteiger partial charge in [-0.25, -0.2) is 4.79 Å². The number of carboxylic acids is 1. The summed E-state index contributed by atoms with van der Waals surface area (Å²) in [6.45, 7) is 8.36. The zero-order valence-electron chi connectivity index (χ0n) is 14.5. The van der Waals surface area contributed by atoms with Crippen LogP contribution in [0.15, 0.2) is 24.3 Å². The highest BCUT2D eigenvalue weighted by Gasteiger charge is 2.39. The van der Waals surface area contributed by atoms with E-state index in [0.717, 1.165) is 0 Å². The summed E-state index contributed by atoms with van der Waals surface area (Å²) in [5.74, 6) is -0.368. The lowest BCUT2D eigenvalue weighted by molar-refractivity contribution is -0.148. The van der Waals surface area contributed by atoms with Crippen molar-refractivity contribution < 1.29 is 24.2 Å². The zero-order chi connectivity index (χ0) is 17.8. The number of methoxy groups -OCH3 is 1. The first kappa shape index (κ1) is 18.8. The van der Waals surface area contributed by atoms with Gasteiger partial charge in [-0.1, -0.05) is 12.1 Å². The fourth-order valence-electron chi connectivity index (χ4n) is 2.03. The summed E-state index contributed by atoms with van der Waals surface area (Å²) >= 11 is 0. The number of benzene rings is 1. The van der Waals surface area contributed by atoms with Crippen LogP contribution in [0.1, 0.15) is 46.2 Å². The summed E-state index contributed by atoms with van der Waals surface area (Å²) in [5, 5.41) is 12.2. The number of amides is 1. The lowest BCUT2D eigenvalue weighted by Gasteiger charge is -2.32. The molecule has 6 heteroatoms. The molecule has 1 atom stereocenters. The monoisotopic (exact) mass is 323 g/mol. The molecule has 23 heavy (non-hydrogen) atoms. The van der Waals surface area contributed by atoms with Crippen LogP contribution in [0.5, 0.6) is 5.75 Å². The van der Waals surface area contributed by atoms with Crippen molar-refractivity contribution in [2.45, 2.75) is 46.3 Å². The molecule has 6 nitrogen and oxygen atoms in total. The molecule has 0 aromatic heterocycles. The van der Waals surface area contributed by atoms with E-state index in [1.165, 1.54) is 0 Å². The standard InChI is InChI=1S/C17H25NO5/c1-16(2,3)23-15(21)18-13(17(4,5)14(19)20)11-7-9-12(22-6)10-8-11/h7-10,13H,1-6H3,(H,18,21)(H,19,20)/t13-/m0/s1. The van der Waals surface area contributed by atoms with E-state index in [2.05, 4.69) is 5.32 Å². The maximum absolute atomic E-state index is 12.1. The van der Waals surface area contributed by atoms with Gasteiger partial charge in [0.2, 0.25) is 0 Å². The van der Waals surface area contributed by atoms with Gasteiger partial charge in [0.1, 0.15) is 11.4 Å². The molecule has 128 valence electrons.